The van der Waals surface area contributed by atoms with Gasteiger partial charge in [0, 0.05) is 30.6 Å². The normalized spacial score (nSPS) is 23.5. The van der Waals surface area contributed by atoms with Gasteiger partial charge in [0.2, 0.25) is 5.91 Å². The molecular weight excluding hydrogens is 339 g/mol. The lowest BCUT2D eigenvalue weighted by Gasteiger charge is -2.39. The molecule has 2 aliphatic rings. The van der Waals surface area contributed by atoms with E-state index in [1.807, 2.05) is 23.3 Å². The van der Waals surface area contributed by atoms with Gasteiger partial charge in [-0.25, -0.2) is 4.39 Å². The zero-order valence-electron chi connectivity index (χ0n) is 15.0. The molecule has 2 atom stereocenters. The van der Waals surface area contributed by atoms with Gasteiger partial charge in [0.15, 0.2) is 0 Å². The third kappa shape index (κ3) is 4.36. The predicted molar refractivity (Wildman–Crippen MR) is 98.3 cm³/mol. The Labute approximate surface area is 153 Å². The number of carbonyl (C=O) groups excluding carboxylic acids is 1. The predicted octanol–water partition coefficient (Wildman–Crippen LogP) is 3.18. The monoisotopic (exact) mass is 366 g/mol. The highest BCUT2D eigenvalue weighted by molar-refractivity contribution is 7.98. The van der Waals surface area contributed by atoms with Crippen LogP contribution >= 0.6 is 11.8 Å². The number of halogens is 1. The molecule has 25 heavy (non-hydrogen) atoms. The van der Waals surface area contributed by atoms with Gasteiger partial charge in [-0.1, -0.05) is 6.07 Å². The molecule has 2 fully saturated rings. The number of amides is 1. The Morgan fingerprint density at radius 3 is 2.76 bits per heavy atom. The van der Waals surface area contributed by atoms with Crippen LogP contribution in [0.5, 0.6) is 0 Å². The van der Waals surface area contributed by atoms with Gasteiger partial charge in [-0.2, -0.15) is 0 Å². The molecular formula is C19H27FN2O2S. The van der Waals surface area contributed by atoms with Crippen LogP contribution in [-0.2, 0) is 9.53 Å². The van der Waals surface area contributed by atoms with Crippen molar-refractivity contribution in [1.29, 1.82) is 0 Å². The van der Waals surface area contributed by atoms with E-state index in [4.69, 9.17) is 4.74 Å². The summed E-state index contributed by atoms with van der Waals surface area (Å²) in [4.78, 5) is 17.7. The Morgan fingerprint density at radius 2 is 2.08 bits per heavy atom. The van der Waals surface area contributed by atoms with Crippen molar-refractivity contribution in [2.45, 2.75) is 30.7 Å². The summed E-state index contributed by atoms with van der Waals surface area (Å²) >= 11 is 1.42. The smallest absolute Gasteiger partial charge is 0.227 e. The summed E-state index contributed by atoms with van der Waals surface area (Å²) < 4.78 is 19.5. The molecule has 0 spiro atoms. The maximum absolute atomic E-state index is 14.1. The quantitative estimate of drug-likeness (QED) is 0.767. The van der Waals surface area contributed by atoms with E-state index in [0.29, 0.717) is 31.2 Å². The SMILES string of the molecule is CSc1ccc([C@H](C)N2CCC[C@H](C(=O)N3CCOCC3)C2)cc1F. The highest BCUT2D eigenvalue weighted by Crippen LogP contribution is 2.30. The van der Waals surface area contributed by atoms with Crippen LogP contribution in [-0.4, -0.2) is 61.4 Å². The van der Waals surface area contributed by atoms with E-state index in [-0.39, 0.29) is 23.7 Å². The van der Waals surface area contributed by atoms with Crippen LogP contribution in [0.3, 0.4) is 0 Å². The number of hydrogen-bond donors (Lipinski definition) is 0. The number of carbonyl (C=O) groups is 1. The van der Waals surface area contributed by atoms with E-state index in [1.54, 1.807) is 6.07 Å². The Bertz CT molecular complexity index is 607. The average molecular weight is 367 g/mol. The van der Waals surface area contributed by atoms with Crippen LogP contribution in [0.4, 0.5) is 4.39 Å². The second kappa shape index (κ2) is 8.52. The molecule has 0 aliphatic carbocycles. The van der Waals surface area contributed by atoms with Crippen LogP contribution in [0.25, 0.3) is 0 Å². The van der Waals surface area contributed by atoms with Crippen LogP contribution in [0, 0.1) is 11.7 Å². The van der Waals surface area contributed by atoms with Gasteiger partial charge >= 0.3 is 0 Å². The van der Waals surface area contributed by atoms with E-state index in [0.717, 1.165) is 31.5 Å². The van der Waals surface area contributed by atoms with Crippen molar-refractivity contribution < 1.29 is 13.9 Å². The minimum atomic E-state index is -0.158. The molecule has 0 bridgehead atoms. The molecule has 3 rings (SSSR count). The molecule has 1 aromatic carbocycles. The van der Waals surface area contributed by atoms with Crippen LogP contribution < -0.4 is 0 Å². The lowest BCUT2D eigenvalue weighted by Crippen LogP contribution is -2.48. The van der Waals surface area contributed by atoms with E-state index in [2.05, 4.69) is 11.8 Å². The Kier molecular flexibility index (Phi) is 6.36. The Hall–Kier alpha value is -1.11. The zero-order valence-corrected chi connectivity index (χ0v) is 15.9. The van der Waals surface area contributed by atoms with Crippen LogP contribution in [0.1, 0.15) is 31.4 Å². The van der Waals surface area contributed by atoms with Crippen molar-refractivity contribution in [3.05, 3.63) is 29.6 Å². The number of morpholine rings is 1. The first-order valence-electron chi connectivity index (χ1n) is 9.04. The van der Waals surface area contributed by atoms with Gasteiger partial charge in [0.1, 0.15) is 5.82 Å². The number of hydrogen-bond acceptors (Lipinski definition) is 4. The largest absolute Gasteiger partial charge is 0.378 e. The lowest BCUT2D eigenvalue weighted by atomic mass is 9.94. The lowest BCUT2D eigenvalue weighted by molar-refractivity contribution is -0.141. The molecule has 1 aromatic rings. The molecule has 138 valence electrons. The van der Waals surface area contributed by atoms with Crippen molar-refractivity contribution in [1.82, 2.24) is 9.80 Å². The fourth-order valence-corrected chi connectivity index (χ4v) is 4.21. The number of thioether (sulfide) groups is 1. The molecule has 0 saturated carbocycles. The highest BCUT2D eigenvalue weighted by atomic mass is 32.2. The van der Waals surface area contributed by atoms with Gasteiger partial charge in [-0.15, -0.1) is 11.8 Å². The van der Waals surface area contributed by atoms with E-state index in [9.17, 15) is 9.18 Å². The molecule has 2 saturated heterocycles. The zero-order chi connectivity index (χ0) is 17.8. The maximum atomic E-state index is 14.1. The van der Waals surface area contributed by atoms with Crippen molar-refractivity contribution in [2.24, 2.45) is 5.92 Å². The second-order valence-electron chi connectivity index (χ2n) is 6.84. The second-order valence-corrected chi connectivity index (χ2v) is 7.69. The molecule has 6 heteroatoms. The standard InChI is InChI=1S/C19H27FN2O2S/c1-14(15-5-6-18(25-2)17(20)12-15)22-7-3-4-16(13-22)19(23)21-8-10-24-11-9-21/h5-6,12,14,16H,3-4,7-11,13H2,1-2H3/t14-,16-/m0/s1. The first-order chi connectivity index (χ1) is 12.1. The summed E-state index contributed by atoms with van der Waals surface area (Å²) in [5.41, 5.74) is 0.981. The molecule has 0 unspecified atom stereocenters. The summed E-state index contributed by atoms with van der Waals surface area (Å²) in [5.74, 6) is 0.142. The van der Waals surface area contributed by atoms with E-state index < -0.39 is 0 Å². The third-order valence-electron chi connectivity index (χ3n) is 5.33. The summed E-state index contributed by atoms with van der Waals surface area (Å²) in [6.45, 7) is 6.50. The average Bonchev–Trinajstić information content (AvgIpc) is 2.67. The van der Waals surface area contributed by atoms with Crippen molar-refractivity contribution >= 4 is 17.7 Å². The van der Waals surface area contributed by atoms with Crippen molar-refractivity contribution in [3.8, 4) is 0 Å². The minimum absolute atomic E-state index is 0.0459. The number of rotatable bonds is 4. The topological polar surface area (TPSA) is 32.8 Å². The van der Waals surface area contributed by atoms with Crippen molar-refractivity contribution in [2.75, 3.05) is 45.6 Å². The van der Waals surface area contributed by atoms with Crippen LogP contribution in [0.2, 0.25) is 0 Å². The minimum Gasteiger partial charge on any atom is -0.378 e. The van der Waals surface area contributed by atoms with E-state index in [1.165, 1.54) is 11.8 Å². The maximum Gasteiger partial charge on any atom is 0.227 e. The number of benzene rings is 1. The summed E-state index contributed by atoms with van der Waals surface area (Å²) in [5, 5.41) is 0. The number of nitrogens with zero attached hydrogens (tertiary/aromatic N) is 2. The molecule has 0 aromatic heterocycles. The van der Waals surface area contributed by atoms with Gasteiger partial charge in [-0.3, -0.25) is 9.69 Å². The molecule has 0 radical (unpaired) electrons. The summed E-state index contributed by atoms with van der Waals surface area (Å²) in [6.07, 6.45) is 3.84. The summed E-state index contributed by atoms with van der Waals surface area (Å²) in [7, 11) is 0. The van der Waals surface area contributed by atoms with Gasteiger partial charge < -0.3 is 9.64 Å². The molecule has 2 aliphatic heterocycles. The van der Waals surface area contributed by atoms with Crippen molar-refractivity contribution in [3.63, 3.8) is 0 Å². The number of likely N-dealkylation sites (tertiary alicyclic amines) is 1. The van der Waals surface area contributed by atoms with E-state index >= 15 is 0 Å². The highest BCUT2D eigenvalue weighted by Gasteiger charge is 2.32. The van der Waals surface area contributed by atoms with Crippen LogP contribution in [0.15, 0.2) is 23.1 Å². The Balaban J connectivity index is 1.65. The molecule has 0 N–H and O–H groups in total. The van der Waals surface area contributed by atoms with Gasteiger partial charge in [0.05, 0.1) is 19.1 Å². The number of piperidine rings is 1. The molecule has 1 amide bonds. The first-order valence-corrected chi connectivity index (χ1v) is 10.3. The van der Waals surface area contributed by atoms with Gasteiger partial charge in [0.25, 0.3) is 0 Å². The number of ether oxygens (including phenoxy) is 1. The molecule has 4 nitrogen and oxygen atoms in total. The first kappa shape index (κ1) is 18.7. The molecule has 2 heterocycles. The Morgan fingerprint density at radius 1 is 1.32 bits per heavy atom. The summed E-state index contributed by atoms with van der Waals surface area (Å²) in [6, 6.07) is 5.62. The van der Waals surface area contributed by atoms with Gasteiger partial charge in [-0.05, 0) is 50.3 Å². The fourth-order valence-electron chi connectivity index (χ4n) is 3.76. The fraction of sp³-hybridized carbons (Fsp3) is 0.632. The third-order valence-corrected chi connectivity index (χ3v) is 6.10.